The first kappa shape index (κ1) is 10.1. The van der Waals surface area contributed by atoms with Gasteiger partial charge in [0.25, 0.3) is 0 Å². The summed E-state index contributed by atoms with van der Waals surface area (Å²) in [6.45, 7) is 2.10. The summed E-state index contributed by atoms with van der Waals surface area (Å²) in [7, 11) is 0. The Kier molecular flexibility index (Phi) is 2.68. The van der Waals surface area contributed by atoms with Gasteiger partial charge < -0.3 is 5.11 Å². The van der Waals surface area contributed by atoms with Gasteiger partial charge in [-0.05, 0) is 6.42 Å². The largest absolute Gasteiger partial charge is 0.481 e. The molecule has 15 heavy (non-hydrogen) atoms. The van der Waals surface area contributed by atoms with Crippen LogP contribution in [0.5, 0.6) is 0 Å². The predicted molar refractivity (Wildman–Crippen MR) is 56.2 cm³/mol. The number of hydrogen-bond donors (Lipinski definition) is 1. The lowest BCUT2D eigenvalue weighted by Gasteiger charge is -1.87. The molecule has 0 spiro atoms. The molecule has 0 aliphatic heterocycles. The van der Waals surface area contributed by atoms with Gasteiger partial charge in [-0.3, -0.25) is 4.79 Å². The quantitative estimate of drug-likeness (QED) is 0.853. The van der Waals surface area contributed by atoms with Gasteiger partial charge in [0.1, 0.15) is 5.01 Å². The zero-order valence-corrected chi connectivity index (χ0v) is 9.12. The van der Waals surface area contributed by atoms with E-state index in [0.717, 1.165) is 22.8 Å². The van der Waals surface area contributed by atoms with Crippen molar-refractivity contribution in [3.63, 3.8) is 0 Å². The summed E-state index contributed by atoms with van der Waals surface area (Å²) in [4.78, 5) is 15.4. The summed E-state index contributed by atoms with van der Waals surface area (Å²) in [5, 5.41) is 14.0. The number of carboxylic acids is 1. The molecule has 0 aromatic carbocycles. The number of carbonyl (C=O) groups is 1. The molecular weight excluding hydrogens is 214 g/mol. The Balaban J connectivity index is 2.26. The van der Waals surface area contributed by atoms with Gasteiger partial charge in [0.2, 0.25) is 4.96 Å². The normalized spacial score (nSPS) is 11.0. The smallest absolute Gasteiger partial charge is 0.309 e. The molecule has 0 radical (unpaired) electrons. The van der Waals surface area contributed by atoms with E-state index in [1.807, 2.05) is 0 Å². The Hall–Kier alpha value is -1.43. The summed E-state index contributed by atoms with van der Waals surface area (Å²) in [6.07, 6.45) is 3.64. The van der Waals surface area contributed by atoms with Crippen LogP contribution in [0.4, 0.5) is 0 Å². The molecule has 2 aromatic rings. The van der Waals surface area contributed by atoms with Crippen molar-refractivity contribution in [3.05, 3.63) is 16.9 Å². The highest BCUT2D eigenvalue weighted by Crippen LogP contribution is 2.16. The third-order valence-corrected chi connectivity index (χ3v) is 2.91. The molecule has 2 aromatic heterocycles. The van der Waals surface area contributed by atoms with Crippen molar-refractivity contribution < 1.29 is 9.90 Å². The molecule has 0 bridgehead atoms. The first-order valence-electron chi connectivity index (χ1n) is 4.75. The minimum atomic E-state index is -0.866. The zero-order valence-electron chi connectivity index (χ0n) is 8.30. The van der Waals surface area contributed by atoms with Crippen molar-refractivity contribution in [2.75, 3.05) is 0 Å². The first-order valence-corrected chi connectivity index (χ1v) is 5.56. The third kappa shape index (κ3) is 2.15. The fourth-order valence-corrected chi connectivity index (χ4v) is 2.34. The van der Waals surface area contributed by atoms with Gasteiger partial charge in [0.05, 0.1) is 18.3 Å². The maximum atomic E-state index is 10.5. The van der Waals surface area contributed by atoms with Gasteiger partial charge in [-0.25, -0.2) is 9.50 Å². The Morgan fingerprint density at radius 3 is 3.07 bits per heavy atom. The highest BCUT2D eigenvalue weighted by atomic mass is 32.1. The van der Waals surface area contributed by atoms with Gasteiger partial charge in [-0.1, -0.05) is 18.3 Å². The van der Waals surface area contributed by atoms with E-state index in [-0.39, 0.29) is 6.42 Å². The van der Waals surface area contributed by atoms with Crippen molar-refractivity contribution in [3.8, 4) is 0 Å². The van der Waals surface area contributed by atoms with Crippen LogP contribution >= 0.6 is 11.3 Å². The van der Waals surface area contributed by atoms with Gasteiger partial charge >= 0.3 is 5.97 Å². The molecule has 0 aliphatic carbocycles. The molecule has 0 fully saturated rings. The van der Waals surface area contributed by atoms with Crippen LogP contribution in [0.25, 0.3) is 4.96 Å². The minimum absolute atomic E-state index is 0.0425. The number of fused-ring (bicyclic) bond motifs is 1. The highest BCUT2D eigenvalue weighted by Gasteiger charge is 2.09. The van der Waals surface area contributed by atoms with Crippen LogP contribution in [0.15, 0.2) is 6.20 Å². The Morgan fingerprint density at radius 2 is 2.47 bits per heavy atom. The number of imidazole rings is 1. The van der Waals surface area contributed by atoms with Crippen LogP contribution in [0, 0.1) is 0 Å². The van der Waals surface area contributed by atoms with Gasteiger partial charge in [0.15, 0.2) is 0 Å². The minimum Gasteiger partial charge on any atom is -0.481 e. The fraction of sp³-hybridized carbons (Fsp3) is 0.444. The van der Waals surface area contributed by atoms with Gasteiger partial charge in [0, 0.05) is 6.42 Å². The van der Waals surface area contributed by atoms with E-state index in [1.165, 1.54) is 11.3 Å². The zero-order chi connectivity index (χ0) is 10.8. The summed E-state index contributed by atoms with van der Waals surface area (Å²) >= 11 is 1.52. The number of rotatable bonds is 4. The number of aromatic nitrogens is 3. The lowest BCUT2D eigenvalue weighted by molar-refractivity contribution is -0.136. The molecule has 5 nitrogen and oxygen atoms in total. The SMILES string of the molecule is CCCc1nn2cc(CC(=O)O)nc2s1. The molecule has 80 valence electrons. The molecule has 0 unspecified atom stereocenters. The first-order chi connectivity index (χ1) is 7.19. The monoisotopic (exact) mass is 225 g/mol. The second-order valence-electron chi connectivity index (χ2n) is 3.28. The van der Waals surface area contributed by atoms with Crippen LogP contribution in [-0.2, 0) is 17.6 Å². The molecule has 0 amide bonds. The Morgan fingerprint density at radius 1 is 1.67 bits per heavy atom. The third-order valence-electron chi connectivity index (χ3n) is 1.93. The maximum absolute atomic E-state index is 10.5. The number of aryl methyl sites for hydroxylation is 1. The van der Waals surface area contributed by atoms with E-state index < -0.39 is 5.97 Å². The molecule has 0 atom stereocenters. The van der Waals surface area contributed by atoms with Crippen LogP contribution in [0.1, 0.15) is 24.0 Å². The van der Waals surface area contributed by atoms with Crippen molar-refractivity contribution in [1.82, 2.24) is 14.6 Å². The van der Waals surface area contributed by atoms with E-state index in [4.69, 9.17) is 5.11 Å². The van der Waals surface area contributed by atoms with E-state index in [1.54, 1.807) is 10.7 Å². The van der Waals surface area contributed by atoms with Gasteiger partial charge in [-0.15, -0.1) is 0 Å². The molecule has 6 heteroatoms. The van der Waals surface area contributed by atoms with Crippen LogP contribution in [0.2, 0.25) is 0 Å². The Labute approximate surface area is 90.4 Å². The molecule has 2 heterocycles. The number of carboxylic acid groups (broad SMARTS) is 1. The lowest BCUT2D eigenvalue weighted by atomic mass is 10.3. The predicted octanol–water partition coefficient (Wildman–Crippen LogP) is 1.37. The molecule has 0 aliphatic rings. The van der Waals surface area contributed by atoms with E-state index in [9.17, 15) is 4.79 Å². The summed E-state index contributed by atoms with van der Waals surface area (Å²) in [5.74, 6) is -0.866. The van der Waals surface area contributed by atoms with E-state index in [0.29, 0.717) is 5.69 Å². The highest BCUT2D eigenvalue weighted by molar-refractivity contribution is 7.16. The molecular formula is C9H11N3O2S. The second kappa shape index (κ2) is 3.98. The van der Waals surface area contributed by atoms with Crippen LogP contribution in [0.3, 0.4) is 0 Å². The lowest BCUT2D eigenvalue weighted by Crippen LogP contribution is -1.99. The summed E-state index contributed by atoms with van der Waals surface area (Å²) in [5.41, 5.74) is 0.560. The van der Waals surface area contributed by atoms with Crippen molar-refractivity contribution >= 4 is 22.3 Å². The molecule has 0 saturated heterocycles. The van der Waals surface area contributed by atoms with Crippen molar-refractivity contribution in [1.29, 1.82) is 0 Å². The summed E-state index contributed by atoms with van der Waals surface area (Å²) in [6, 6.07) is 0. The average molecular weight is 225 g/mol. The molecule has 1 N–H and O–H groups in total. The van der Waals surface area contributed by atoms with E-state index in [2.05, 4.69) is 17.0 Å². The van der Waals surface area contributed by atoms with Crippen LogP contribution < -0.4 is 0 Å². The molecule has 0 saturated carbocycles. The van der Waals surface area contributed by atoms with Crippen molar-refractivity contribution in [2.24, 2.45) is 0 Å². The summed E-state index contributed by atoms with van der Waals surface area (Å²) < 4.78 is 1.66. The Bertz CT molecular complexity index is 457. The van der Waals surface area contributed by atoms with Crippen LogP contribution in [-0.4, -0.2) is 25.7 Å². The maximum Gasteiger partial charge on any atom is 0.309 e. The fourth-order valence-electron chi connectivity index (χ4n) is 1.34. The number of nitrogens with zero attached hydrogens (tertiary/aromatic N) is 3. The average Bonchev–Trinajstić information content (AvgIpc) is 2.60. The number of aliphatic carboxylic acids is 1. The second-order valence-corrected chi connectivity index (χ2v) is 4.32. The molecule has 2 rings (SSSR count). The van der Waals surface area contributed by atoms with E-state index >= 15 is 0 Å². The number of hydrogen-bond acceptors (Lipinski definition) is 4. The van der Waals surface area contributed by atoms with Crippen molar-refractivity contribution in [2.45, 2.75) is 26.2 Å². The van der Waals surface area contributed by atoms with Gasteiger partial charge in [-0.2, -0.15) is 5.10 Å². The topological polar surface area (TPSA) is 67.5 Å². The standard InChI is InChI=1S/C9H11N3O2S/c1-2-3-7-11-12-5-6(4-8(13)14)10-9(12)15-7/h5H,2-4H2,1H3,(H,13,14).